The molecule has 12 N–H and O–H groups in total. The summed E-state index contributed by atoms with van der Waals surface area (Å²) in [6.07, 6.45) is 46.8. The highest BCUT2D eigenvalue weighted by Crippen LogP contribution is 2.33. The zero-order valence-corrected chi connectivity index (χ0v) is 56.4. The Morgan fingerprint density at radius 1 is 0.398 bits per heavy atom. The number of carbonyl (C=O) groups is 1. The molecule has 19 nitrogen and oxygen atoms in total. The van der Waals surface area contributed by atoms with E-state index in [2.05, 4.69) is 116 Å². The smallest absolute Gasteiger partial charge is 0.220 e. The van der Waals surface area contributed by atoms with Crippen molar-refractivity contribution in [1.82, 2.24) is 5.32 Å². The average molecular weight is 1320 g/mol. The Labute approximate surface area is 557 Å². The van der Waals surface area contributed by atoms with Crippen LogP contribution in [0.5, 0.6) is 0 Å². The number of nitrogens with one attached hydrogen (secondary N) is 1. The molecule has 3 aliphatic rings. The molecular weight excluding hydrogens is 1190 g/mol. The Morgan fingerprint density at radius 3 is 1.16 bits per heavy atom. The second-order valence-electron chi connectivity index (χ2n) is 25.0. The molecule has 0 aromatic heterocycles. The number of rotatable bonds is 53. The lowest BCUT2D eigenvalue weighted by Crippen LogP contribution is -2.66. The van der Waals surface area contributed by atoms with Gasteiger partial charge in [0.15, 0.2) is 18.9 Å². The topological polar surface area (TPSA) is 307 Å². The van der Waals surface area contributed by atoms with Crippen LogP contribution in [-0.2, 0) is 33.2 Å². The third-order valence-corrected chi connectivity index (χ3v) is 17.1. The highest BCUT2D eigenvalue weighted by Gasteiger charge is 2.53. The van der Waals surface area contributed by atoms with Crippen molar-refractivity contribution in [3.63, 3.8) is 0 Å². The summed E-state index contributed by atoms with van der Waals surface area (Å²) < 4.78 is 34.2. The molecule has 3 rings (SSSR count). The fourth-order valence-corrected chi connectivity index (χ4v) is 11.3. The van der Waals surface area contributed by atoms with E-state index in [1.807, 2.05) is 6.08 Å². The summed E-state index contributed by atoms with van der Waals surface area (Å²) >= 11 is 0. The van der Waals surface area contributed by atoms with Crippen LogP contribution < -0.4 is 5.32 Å². The van der Waals surface area contributed by atoms with Crippen molar-refractivity contribution < 1.29 is 89.4 Å². The van der Waals surface area contributed by atoms with Crippen LogP contribution in [0.2, 0.25) is 0 Å². The largest absolute Gasteiger partial charge is 0.394 e. The quantitative estimate of drug-likeness (QED) is 0.0199. The maximum absolute atomic E-state index is 13.3. The minimum atomic E-state index is -1.98. The van der Waals surface area contributed by atoms with Crippen LogP contribution >= 0.6 is 0 Å². The van der Waals surface area contributed by atoms with Gasteiger partial charge in [-0.2, -0.15) is 0 Å². The number of hydrogen-bond acceptors (Lipinski definition) is 18. The lowest BCUT2D eigenvalue weighted by atomic mass is 9.96. The summed E-state index contributed by atoms with van der Waals surface area (Å²) in [6.45, 7) is 1.56. The van der Waals surface area contributed by atoms with E-state index in [9.17, 15) is 61.0 Å². The summed E-state index contributed by atoms with van der Waals surface area (Å²) in [6, 6.07) is -0.977. The summed E-state index contributed by atoms with van der Waals surface area (Å²) in [4.78, 5) is 13.3. The van der Waals surface area contributed by atoms with E-state index in [4.69, 9.17) is 28.4 Å². The Morgan fingerprint density at radius 2 is 0.742 bits per heavy atom. The first kappa shape index (κ1) is 83.7. The van der Waals surface area contributed by atoms with Gasteiger partial charge in [0, 0.05) is 6.42 Å². The SMILES string of the molecule is CC/C=C\C/C=C\C/C=C\C/C=C\C/C=C\C/C=C\C/C=C\C/C=C\CCCCCCCCCCCCCCCCC(=O)NC(COC1OC(CO)C(OC2OC(CO)C(OC3OC(CO)C(O)C(O)C3O)C(O)C2O)C(O)C1O)C(O)/C=C/CCCCCCCCC. The molecule has 0 bridgehead atoms. The molecule has 0 saturated carbocycles. The van der Waals surface area contributed by atoms with E-state index >= 15 is 0 Å². The van der Waals surface area contributed by atoms with Gasteiger partial charge < -0.3 is 89.9 Å². The zero-order valence-electron chi connectivity index (χ0n) is 56.4. The van der Waals surface area contributed by atoms with Crippen LogP contribution in [0.25, 0.3) is 0 Å². The van der Waals surface area contributed by atoms with Crippen LogP contribution in [0.4, 0.5) is 0 Å². The van der Waals surface area contributed by atoms with Crippen LogP contribution in [-0.4, -0.2) is 193 Å². The highest BCUT2D eigenvalue weighted by atomic mass is 16.8. The maximum Gasteiger partial charge on any atom is 0.220 e. The number of allylic oxidation sites excluding steroid dienone is 17. The van der Waals surface area contributed by atoms with E-state index < -0.39 is 124 Å². The van der Waals surface area contributed by atoms with E-state index in [0.717, 1.165) is 103 Å². The average Bonchev–Trinajstić information content (AvgIpc) is 0.828. The molecule has 0 radical (unpaired) electrons. The minimum Gasteiger partial charge on any atom is -0.394 e. The summed E-state index contributed by atoms with van der Waals surface area (Å²) in [5.74, 6) is -0.283. The minimum absolute atomic E-state index is 0.237. The number of hydrogen-bond donors (Lipinski definition) is 12. The molecule has 0 aliphatic carbocycles. The number of unbranched alkanes of at least 4 members (excludes halogenated alkanes) is 21. The van der Waals surface area contributed by atoms with E-state index in [0.29, 0.717) is 6.42 Å². The van der Waals surface area contributed by atoms with Gasteiger partial charge in [0.05, 0.1) is 38.6 Å². The number of carbonyl (C=O) groups excluding carboxylic acids is 1. The molecule has 3 saturated heterocycles. The third-order valence-electron chi connectivity index (χ3n) is 17.1. The van der Waals surface area contributed by atoms with Crippen molar-refractivity contribution >= 4 is 5.91 Å². The van der Waals surface area contributed by atoms with Gasteiger partial charge in [-0.3, -0.25) is 4.79 Å². The van der Waals surface area contributed by atoms with Gasteiger partial charge in [-0.05, 0) is 83.5 Å². The second kappa shape index (κ2) is 54.5. The van der Waals surface area contributed by atoms with Gasteiger partial charge in [-0.1, -0.05) is 239 Å². The highest BCUT2D eigenvalue weighted by molar-refractivity contribution is 5.76. The normalized spacial score (nSPS) is 28.2. The van der Waals surface area contributed by atoms with Crippen molar-refractivity contribution in [3.05, 3.63) is 109 Å². The predicted molar refractivity (Wildman–Crippen MR) is 364 cm³/mol. The van der Waals surface area contributed by atoms with Gasteiger partial charge in [0.25, 0.3) is 0 Å². The first-order chi connectivity index (χ1) is 45.3. The van der Waals surface area contributed by atoms with Crippen LogP contribution in [0, 0.1) is 0 Å². The van der Waals surface area contributed by atoms with Gasteiger partial charge in [-0.25, -0.2) is 0 Å². The molecule has 17 unspecified atom stereocenters. The van der Waals surface area contributed by atoms with Crippen LogP contribution in [0.3, 0.4) is 0 Å². The molecule has 3 aliphatic heterocycles. The molecule has 93 heavy (non-hydrogen) atoms. The Hall–Kier alpha value is -3.55. The molecule has 1 amide bonds. The van der Waals surface area contributed by atoms with Gasteiger partial charge in [-0.15, -0.1) is 0 Å². The number of aliphatic hydroxyl groups is 11. The standard InChI is InChI=1S/C74H125NO18/c1-3-5-7-9-11-13-14-15-16-17-18-19-20-21-22-23-24-25-26-27-28-29-30-31-32-33-34-35-36-37-38-39-40-41-42-44-46-48-50-52-62(80)75-57(58(79)51-49-47-45-43-12-10-8-6-4-2)56-88-72-68(86)65(83)70(60(54-77)90-72)93-74-69(87)66(84)71(61(55-78)91-74)92-73-67(85)64(82)63(81)59(53-76)89-73/h5,7,11,13,15-16,18-19,21-22,24-25,27-28,30-31,49,51,57-61,63-74,76-79,81-87H,3-4,6,8-10,12,14,17,20,23,26,29,32-48,50,52-56H2,1-2H3,(H,75,80)/b7-5-,13-11-,16-15-,19-18-,22-21-,25-24-,28-27-,31-30-,51-49+. The van der Waals surface area contributed by atoms with Gasteiger partial charge >= 0.3 is 0 Å². The van der Waals surface area contributed by atoms with Crippen molar-refractivity contribution in [2.24, 2.45) is 0 Å². The van der Waals surface area contributed by atoms with Gasteiger partial charge in [0.1, 0.15) is 73.2 Å². The summed E-state index contributed by atoms with van der Waals surface area (Å²) in [5, 5.41) is 120. The lowest BCUT2D eigenvalue weighted by molar-refractivity contribution is -0.379. The molecule has 534 valence electrons. The summed E-state index contributed by atoms with van der Waals surface area (Å²) in [7, 11) is 0. The number of ether oxygens (including phenoxy) is 6. The second-order valence-corrected chi connectivity index (χ2v) is 25.0. The van der Waals surface area contributed by atoms with E-state index in [1.54, 1.807) is 6.08 Å². The Kier molecular flexibility index (Phi) is 49.0. The predicted octanol–water partition coefficient (Wildman–Crippen LogP) is 9.83. The molecule has 17 atom stereocenters. The van der Waals surface area contributed by atoms with Crippen LogP contribution in [0.1, 0.15) is 219 Å². The molecule has 0 aromatic rings. The molecule has 19 heteroatoms. The fraction of sp³-hybridized carbons (Fsp3) is 0.743. The number of amides is 1. The van der Waals surface area contributed by atoms with Crippen LogP contribution in [0.15, 0.2) is 109 Å². The third kappa shape index (κ3) is 36.0. The summed E-state index contributed by atoms with van der Waals surface area (Å²) in [5.41, 5.74) is 0. The maximum atomic E-state index is 13.3. The van der Waals surface area contributed by atoms with Gasteiger partial charge in [0.2, 0.25) is 5.91 Å². The zero-order chi connectivity index (χ0) is 67.5. The molecule has 0 spiro atoms. The first-order valence-electron chi connectivity index (χ1n) is 35.6. The van der Waals surface area contributed by atoms with Crippen molar-refractivity contribution in [3.8, 4) is 0 Å². The Bertz CT molecular complexity index is 2110. The van der Waals surface area contributed by atoms with Crippen molar-refractivity contribution in [2.45, 2.75) is 324 Å². The molecule has 3 heterocycles. The Balaban J connectivity index is 1.29. The monoisotopic (exact) mass is 1320 g/mol. The number of aliphatic hydroxyl groups excluding tert-OH is 11. The molecule has 0 aromatic carbocycles. The van der Waals surface area contributed by atoms with E-state index in [-0.39, 0.29) is 18.9 Å². The molecule has 3 fully saturated rings. The molecular formula is C74H125NO18. The first-order valence-corrected chi connectivity index (χ1v) is 35.6. The van der Waals surface area contributed by atoms with E-state index in [1.165, 1.54) is 89.9 Å². The van der Waals surface area contributed by atoms with Crippen molar-refractivity contribution in [2.75, 3.05) is 26.4 Å². The lowest BCUT2D eigenvalue weighted by Gasteiger charge is -2.48. The van der Waals surface area contributed by atoms with Crippen molar-refractivity contribution in [1.29, 1.82) is 0 Å². The fourth-order valence-electron chi connectivity index (χ4n) is 11.3.